The van der Waals surface area contributed by atoms with Crippen molar-refractivity contribution in [1.29, 1.82) is 0 Å². The molecule has 0 aromatic carbocycles. The van der Waals surface area contributed by atoms with Crippen LogP contribution in [-0.4, -0.2) is 110 Å². The molecule has 0 radical (unpaired) electrons. The third-order valence-corrected chi connectivity index (χ3v) is 11.0. The Hall–Kier alpha value is -1.41. The van der Waals surface area contributed by atoms with Crippen molar-refractivity contribution in [3.8, 4) is 0 Å². The summed E-state index contributed by atoms with van der Waals surface area (Å²) in [6, 6.07) is -1.17. The second kappa shape index (κ2) is 35.5. The summed E-state index contributed by atoms with van der Waals surface area (Å²) in [5.74, 6) is -0.703. The van der Waals surface area contributed by atoms with E-state index in [2.05, 4.69) is 43.5 Å². The van der Waals surface area contributed by atoms with Gasteiger partial charge in [-0.3, -0.25) is 4.79 Å². The minimum absolute atomic E-state index is 0.255. The molecule has 1 aliphatic rings. The van der Waals surface area contributed by atoms with Gasteiger partial charge in [-0.1, -0.05) is 173 Å². The standard InChI is InChI=1S/C45H85NO10/c1-3-5-7-9-11-13-15-16-17-18-19-20-21-23-25-27-29-31-33-38(49)44(54)46-36(35-55-45-43(53)42(52)41(51)39(34-47)56-45)40(50)37(48)32-30-28-26-24-22-14-12-10-8-6-4-2/h11,13,15-16,36-43,45,47-53H,3-10,12,14,17-35H2,1-2H3,(H,46,54)/b13-11-,16-15-. The number of amides is 1. The fourth-order valence-corrected chi connectivity index (χ4v) is 7.19. The number of nitrogens with one attached hydrogen (secondary N) is 1. The molecule has 1 saturated heterocycles. The van der Waals surface area contributed by atoms with Crippen molar-refractivity contribution >= 4 is 5.91 Å². The summed E-state index contributed by atoms with van der Waals surface area (Å²) < 4.78 is 11.1. The molecule has 56 heavy (non-hydrogen) atoms. The van der Waals surface area contributed by atoms with Gasteiger partial charge in [0.1, 0.15) is 36.6 Å². The summed E-state index contributed by atoms with van der Waals surface area (Å²) in [7, 11) is 0. The second-order valence-corrected chi connectivity index (χ2v) is 16.2. The molecule has 0 bridgehead atoms. The van der Waals surface area contributed by atoms with Gasteiger partial charge in [-0.15, -0.1) is 0 Å². The number of ether oxygens (including phenoxy) is 2. The lowest BCUT2D eigenvalue weighted by Crippen LogP contribution is -2.60. The van der Waals surface area contributed by atoms with Crippen LogP contribution in [0.5, 0.6) is 0 Å². The normalized spacial score (nSPS) is 22.5. The van der Waals surface area contributed by atoms with Crippen LogP contribution in [0.15, 0.2) is 24.3 Å². The molecule has 0 aliphatic carbocycles. The van der Waals surface area contributed by atoms with E-state index in [1.807, 2.05) is 0 Å². The number of rotatable bonds is 37. The molecular weight excluding hydrogens is 714 g/mol. The maximum Gasteiger partial charge on any atom is 0.249 e. The monoisotopic (exact) mass is 800 g/mol. The maximum absolute atomic E-state index is 13.1. The van der Waals surface area contributed by atoms with Crippen LogP contribution < -0.4 is 5.32 Å². The van der Waals surface area contributed by atoms with Crippen LogP contribution in [0.1, 0.15) is 187 Å². The van der Waals surface area contributed by atoms with Crippen LogP contribution in [0, 0.1) is 0 Å². The van der Waals surface area contributed by atoms with Crippen LogP contribution in [0.3, 0.4) is 0 Å². The molecule has 1 fully saturated rings. The maximum atomic E-state index is 13.1. The van der Waals surface area contributed by atoms with Gasteiger partial charge in [-0.2, -0.15) is 0 Å². The predicted molar refractivity (Wildman–Crippen MR) is 224 cm³/mol. The molecule has 1 rings (SSSR count). The molecule has 11 heteroatoms. The topological polar surface area (TPSA) is 189 Å². The molecule has 0 spiro atoms. The van der Waals surface area contributed by atoms with Gasteiger partial charge in [0.15, 0.2) is 6.29 Å². The summed E-state index contributed by atoms with van der Waals surface area (Å²) in [6.07, 6.45) is 26.5. The second-order valence-electron chi connectivity index (χ2n) is 16.2. The number of carbonyl (C=O) groups excluding carboxylic acids is 1. The van der Waals surface area contributed by atoms with E-state index in [0.29, 0.717) is 19.3 Å². The van der Waals surface area contributed by atoms with E-state index in [9.17, 15) is 40.5 Å². The van der Waals surface area contributed by atoms with Crippen LogP contribution in [0.4, 0.5) is 0 Å². The fourth-order valence-electron chi connectivity index (χ4n) is 7.19. The van der Waals surface area contributed by atoms with Crippen molar-refractivity contribution in [2.75, 3.05) is 13.2 Å². The zero-order valence-corrected chi connectivity index (χ0v) is 35.4. The summed E-state index contributed by atoms with van der Waals surface area (Å²) in [6.45, 7) is 3.39. The number of aliphatic hydroxyl groups excluding tert-OH is 7. The number of aliphatic hydroxyl groups is 7. The first kappa shape index (κ1) is 52.6. The van der Waals surface area contributed by atoms with E-state index in [4.69, 9.17) is 9.47 Å². The average Bonchev–Trinajstić information content (AvgIpc) is 3.20. The lowest BCUT2D eigenvalue weighted by Gasteiger charge is -2.40. The minimum Gasteiger partial charge on any atom is -0.394 e. The van der Waals surface area contributed by atoms with E-state index in [-0.39, 0.29) is 6.42 Å². The molecule has 11 nitrogen and oxygen atoms in total. The van der Waals surface area contributed by atoms with E-state index < -0.39 is 74.2 Å². The van der Waals surface area contributed by atoms with Gasteiger partial charge in [0.2, 0.25) is 5.91 Å². The number of carbonyl (C=O) groups is 1. The Morgan fingerprint density at radius 3 is 1.59 bits per heavy atom. The Balaban J connectivity index is 2.45. The first-order valence-corrected chi connectivity index (χ1v) is 22.8. The zero-order valence-electron chi connectivity index (χ0n) is 35.4. The minimum atomic E-state index is -1.66. The van der Waals surface area contributed by atoms with E-state index in [1.165, 1.54) is 103 Å². The van der Waals surface area contributed by atoms with Crippen molar-refractivity contribution in [1.82, 2.24) is 5.32 Å². The Morgan fingerprint density at radius 2 is 1.07 bits per heavy atom. The van der Waals surface area contributed by atoms with Gasteiger partial charge in [0.25, 0.3) is 0 Å². The molecule has 330 valence electrons. The summed E-state index contributed by atoms with van der Waals surface area (Å²) in [5, 5.41) is 75.5. The Kier molecular flexibility index (Phi) is 33.4. The predicted octanol–water partition coefficient (Wildman–Crippen LogP) is 7.06. The number of hydrogen-bond donors (Lipinski definition) is 8. The van der Waals surface area contributed by atoms with Gasteiger partial charge in [0.05, 0.1) is 25.4 Å². The molecule has 1 heterocycles. The van der Waals surface area contributed by atoms with E-state index >= 15 is 0 Å². The third kappa shape index (κ3) is 25.2. The number of hydrogen-bond acceptors (Lipinski definition) is 10. The van der Waals surface area contributed by atoms with Crippen molar-refractivity contribution in [2.45, 2.75) is 242 Å². The highest BCUT2D eigenvalue weighted by Crippen LogP contribution is 2.23. The average molecular weight is 800 g/mol. The Bertz CT molecular complexity index is 965. The van der Waals surface area contributed by atoms with Gasteiger partial charge in [-0.25, -0.2) is 0 Å². The summed E-state index contributed by atoms with van der Waals surface area (Å²) in [4.78, 5) is 13.1. The van der Waals surface area contributed by atoms with Gasteiger partial charge < -0.3 is 50.5 Å². The zero-order chi connectivity index (χ0) is 41.2. The molecule has 1 amide bonds. The van der Waals surface area contributed by atoms with Crippen molar-refractivity contribution in [2.24, 2.45) is 0 Å². The van der Waals surface area contributed by atoms with Gasteiger partial charge in [0, 0.05) is 0 Å². The van der Waals surface area contributed by atoms with Crippen molar-refractivity contribution in [3.63, 3.8) is 0 Å². The molecule has 0 aromatic heterocycles. The van der Waals surface area contributed by atoms with Gasteiger partial charge in [-0.05, 0) is 38.5 Å². The highest BCUT2D eigenvalue weighted by Gasteiger charge is 2.44. The third-order valence-electron chi connectivity index (χ3n) is 11.0. The summed E-state index contributed by atoms with van der Waals surface area (Å²) >= 11 is 0. The molecule has 1 aliphatic heterocycles. The Labute approximate surface area is 340 Å². The smallest absolute Gasteiger partial charge is 0.249 e. The number of unbranched alkanes of at least 4 members (excludes halogenated alkanes) is 22. The SMILES string of the molecule is CCCCC/C=C\C=C/CCCCCCCCCCCC(O)C(=O)NC(COC1OC(CO)C(O)C(O)C1O)C(O)C(O)CCCCCCCCCCCCC. The number of allylic oxidation sites excluding steroid dienone is 4. The molecule has 0 saturated carbocycles. The van der Waals surface area contributed by atoms with Crippen LogP contribution >= 0.6 is 0 Å². The molecular formula is C45H85NO10. The fraction of sp³-hybridized carbons (Fsp3) is 0.889. The lowest BCUT2D eigenvalue weighted by molar-refractivity contribution is -0.303. The highest BCUT2D eigenvalue weighted by molar-refractivity contribution is 5.80. The lowest BCUT2D eigenvalue weighted by atomic mass is 9.98. The summed E-state index contributed by atoms with van der Waals surface area (Å²) in [5.41, 5.74) is 0. The molecule has 0 aromatic rings. The van der Waals surface area contributed by atoms with E-state index in [0.717, 1.165) is 44.9 Å². The van der Waals surface area contributed by atoms with Crippen molar-refractivity contribution in [3.05, 3.63) is 24.3 Å². The van der Waals surface area contributed by atoms with Crippen molar-refractivity contribution < 1.29 is 50.0 Å². The van der Waals surface area contributed by atoms with E-state index in [1.54, 1.807) is 0 Å². The first-order valence-electron chi connectivity index (χ1n) is 22.8. The van der Waals surface area contributed by atoms with Gasteiger partial charge >= 0.3 is 0 Å². The molecule has 8 N–H and O–H groups in total. The van der Waals surface area contributed by atoms with Crippen LogP contribution in [0.25, 0.3) is 0 Å². The molecule has 9 atom stereocenters. The Morgan fingerprint density at radius 1 is 0.625 bits per heavy atom. The first-order chi connectivity index (χ1) is 27.2. The van der Waals surface area contributed by atoms with Crippen LogP contribution in [-0.2, 0) is 14.3 Å². The quantitative estimate of drug-likeness (QED) is 0.0239. The highest BCUT2D eigenvalue weighted by atomic mass is 16.7. The van der Waals surface area contributed by atoms with Crippen LogP contribution in [0.2, 0.25) is 0 Å². The molecule has 9 unspecified atom stereocenters. The largest absolute Gasteiger partial charge is 0.394 e.